The van der Waals surface area contributed by atoms with Crippen LogP contribution in [0.1, 0.15) is 0 Å². The van der Waals surface area contributed by atoms with E-state index in [0.717, 1.165) is 61.3 Å². The molecule has 0 bridgehead atoms. The topological polar surface area (TPSA) is 16.4 Å². The average Bonchev–Trinajstić information content (AvgIpc) is 3.68. The van der Waals surface area contributed by atoms with Gasteiger partial charge >= 0.3 is 0 Å². The van der Waals surface area contributed by atoms with Crippen molar-refractivity contribution in [2.24, 2.45) is 0 Å². The van der Waals surface area contributed by atoms with Crippen LogP contribution in [0.15, 0.2) is 229 Å². The molecule has 0 unspecified atom stereocenters. The lowest BCUT2D eigenvalue weighted by Gasteiger charge is -2.29. The molecule has 0 aliphatic rings. The molecule has 58 heavy (non-hydrogen) atoms. The van der Waals surface area contributed by atoms with E-state index in [4.69, 9.17) is 4.42 Å². The van der Waals surface area contributed by atoms with Crippen molar-refractivity contribution in [2.75, 3.05) is 4.90 Å². The fourth-order valence-corrected chi connectivity index (χ4v) is 8.61. The fraction of sp³-hybridized carbons (Fsp3) is 0. The van der Waals surface area contributed by atoms with E-state index in [-0.39, 0.29) is 0 Å². The van der Waals surface area contributed by atoms with Gasteiger partial charge in [-0.15, -0.1) is 0 Å². The monoisotopic (exact) mass is 739 g/mol. The Hall–Kier alpha value is -7.68. The molecule has 2 nitrogen and oxygen atoms in total. The van der Waals surface area contributed by atoms with Crippen molar-refractivity contribution < 1.29 is 4.42 Å². The second-order valence-electron chi connectivity index (χ2n) is 14.9. The van der Waals surface area contributed by atoms with Crippen LogP contribution in [0.25, 0.3) is 88.0 Å². The minimum Gasteiger partial charge on any atom is -0.456 e. The Labute approximate surface area is 337 Å². The van der Waals surface area contributed by atoms with Crippen molar-refractivity contribution in [2.45, 2.75) is 0 Å². The number of anilines is 3. The summed E-state index contributed by atoms with van der Waals surface area (Å²) >= 11 is 0. The molecular weight excluding hydrogens is 703 g/mol. The molecule has 0 aliphatic heterocycles. The first-order valence-corrected chi connectivity index (χ1v) is 19.8. The zero-order valence-corrected chi connectivity index (χ0v) is 31.7. The molecule has 10 aromatic carbocycles. The second kappa shape index (κ2) is 14.1. The summed E-state index contributed by atoms with van der Waals surface area (Å²) in [6, 6.07) is 80.8. The van der Waals surface area contributed by atoms with Crippen LogP contribution < -0.4 is 4.90 Å². The molecular formula is C56H37NO. The third-order valence-corrected chi connectivity index (χ3v) is 11.5. The van der Waals surface area contributed by atoms with Crippen LogP contribution in [0.3, 0.4) is 0 Å². The van der Waals surface area contributed by atoms with Crippen LogP contribution >= 0.6 is 0 Å². The fourth-order valence-electron chi connectivity index (χ4n) is 8.61. The smallest absolute Gasteiger partial charge is 0.135 e. The maximum absolute atomic E-state index is 6.14. The van der Waals surface area contributed by atoms with E-state index < -0.39 is 0 Å². The van der Waals surface area contributed by atoms with Gasteiger partial charge in [-0.2, -0.15) is 0 Å². The normalized spacial score (nSPS) is 11.4. The van der Waals surface area contributed by atoms with Crippen molar-refractivity contribution in [3.8, 4) is 44.5 Å². The van der Waals surface area contributed by atoms with E-state index in [1.807, 2.05) is 12.1 Å². The summed E-state index contributed by atoms with van der Waals surface area (Å²) in [7, 11) is 0. The van der Waals surface area contributed by atoms with Gasteiger partial charge in [0.1, 0.15) is 11.2 Å². The highest BCUT2D eigenvalue weighted by molar-refractivity contribution is 6.12. The Morgan fingerprint density at radius 2 is 0.828 bits per heavy atom. The molecule has 0 aliphatic carbocycles. The molecule has 0 radical (unpaired) electrons. The predicted molar refractivity (Wildman–Crippen MR) is 245 cm³/mol. The maximum atomic E-state index is 6.14. The summed E-state index contributed by atoms with van der Waals surface area (Å²) in [5, 5.41) is 7.32. The van der Waals surface area contributed by atoms with E-state index in [9.17, 15) is 0 Å². The summed E-state index contributed by atoms with van der Waals surface area (Å²) in [6.45, 7) is 0. The summed E-state index contributed by atoms with van der Waals surface area (Å²) in [4.78, 5) is 2.40. The molecule has 0 amide bonds. The van der Waals surface area contributed by atoms with E-state index >= 15 is 0 Å². The number of hydrogen-bond acceptors (Lipinski definition) is 2. The highest BCUT2D eigenvalue weighted by atomic mass is 16.3. The Bertz CT molecular complexity index is 3250. The van der Waals surface area contributed by atoms with Crippen molar-refractivity contribution in [1.82, 2.24) is 0 Å². The number of furan rings is 1. The molecule has 0 saturated heterocycles. The van der Waals surface area contributed by atoms with Crippen LogP contribution in [-0.2, 0) is 0 Å². The van der Waals surface area contributed by atoms with Crippen molar-refractivity contribution >= 4 is 60.5 Å². The lowest BCUT2D eigenvalue weighted by Crippen LogP contribution is -2.11. The molecule has 11 aromatic rings. The van der Waals surface area contributed by atoms with Gasteiger partial charge in [0, 0.05) is 27.7 Å². The quantitative estimate of drug-likeness (QED) is 0.151. The summed E-state index contributed by atoms with van der Waals surface area (Å²) in [5.74, 6) is 0. The average molecular weight is 740 g/mol. The lowest BCUT2D eigenvalue weighted by molar-refractivity contribution is 0.669. The number of rotatable bonds is 7. The third kappa shape index (κ3) is 5.91. The van der Waals surface area contributed by atoms with Crippen LogP contribution in [0, 0.1) is 0 Å². The second-order valence-corrected chi connectivity index (χ2v) is 14.9. The van der Waals surface area contributed by atoms with Gasteiger partial charge in [-0.1, -0.05) is 170 Å². The zero-order valence-electron chi connectivity index (χ0n) is 31.7. The van der Waals surface area contributed by atoms with Crippen LogP contribution in [-0.4, -0.2) is 0 Å². The zero-order chi connectivity index (χ0) is 38.4. The van der Waals surface area contributed by atoms with Gasteiger partial charge in [-0.3, -0.25) is 0 Å². The molecule has 0 saturated carbocycles. The molecule has 0 spiro atoms. The summed E-state index contributed by atoms with van der Waals surface area (Å²) < 4.78 is 6.14. The molecule has 1 aromatic heterocycles. The molecule has 0 N–H and O–H groups in total. The molecule has 2 heteroatoms. The number of para-hydroxylation sites is 1. The van der Waals surface area contributed by atoms with Crippen molar-refractivity contribution in [1.29, 1.82) is 0 Å². The van der Waals surface area contributed by atoms with Gasteiger partial charge in [-0.05, 0) is 115 Å². The first-order chi connectivity index (χ1) is 28.7. The minimum absolute atomic E-state index is 0.903. The Morgan fingerprint density at radius 1 is 0.276 bits per heavy atom. The van der Waals surface area contributed by atoms with Gasteiger partial charge in [-0.25, -0.2) is 0 Å². The van der Waals surface area contributed by atoms with Crippen LogP contribution in [0.4, 0.5) is 17.1 Å². The number of hydrogen-bond donors (Lipinski definition) is 0. The Morgan fingerprint density at radius 3 is 1.60 bits per heavy atom. The maximum Gasteiger partial charge on any atom is 0.135 e. The van der Waals surface area contributed by atoms with Gasteiger partial charge in [0.25, 0.3) is 0 Å². The Kier molecular flexibility index (Phi) is 8.19. The largest absolute Gasteiger partial charge is 0.456 e. The van der Waals surface area contributed by atoms with Crippen LogP contribution in [0.2, 0.25) is 0 Å². The predicted octanol–water partition coefficient (Wildman–Crippen LogP) is 16.0. The first-order valence-electron chi connectivity index (χ1n) is 19.8. The highest BCUT2D eigenvalue weighted by Crippen LogP contribution is 2.44. The van der Waals surface area contributed by atoms with E-state index in [1.54, 1.807) is 0 Å². The lowest BCUT2D eigenvalue weighted by atomic mass is 9.94. The molecule has 0 atom stereocenters. The van der Waals surface area contributed by atoms with Crippen molar-refractivity contribution in [3.63, 3.8) is 0 Å². The molecule has 272 valence electrons. The summed E-state index contributed by atoms with van der Waals surface area (Å²) in [5.41, 5.74) is 14.5. The molecule has 1 heterocycles. The van der Waals surface area contributed by atoms with Gasteiger partial charge in [0.15, 0.2) is 0 Å². The number of benzene rings is 10. The van der Waals surface area contributed by atoms with E-state index in [1.165, 1.54) is 43.8 Å². The number of nitrogens with zero attached hydrogens (tertiary/aromatic N) is 1. The van der Waals surface area contributed by atoms with E-state index in [0.29, 0.717) is 0 Å². The minimum atomic E-state index is 0.903. The Balaban J connectivity index is 1.05. The van der Waals surface area contributed by atoms with Crippen molar-refractivity contribution in [3.05, 3.63) is 224 Å². The molecule has 0 fully saturated rings. The van der Waals surface area contributed by atoms with Gasteiger partial charge in [0.2, 0.25) is 0 Å². The SMILES string of the molecule is c1ccc(-c2ccc(N(c3ccc(-c4ccc5oc6ccccc6c5c4)cc3)c3ccc(-c4cccc5c4ccc4ccccc45)cc3)c(-c3ccccc3)c2)cc1. The standard InChI is InChI=1S/C56H37NO/c1-3-12-38(13-4-1)43-27-34-54(52(36-43)40-14-5-2-6-15-40)57(45-29-22-39(23-30-45)44-28-35-56-53(37-44)51-18-9-10-21-55(51)58-56)46-31-24-42(25-32-46)48-19-11-20-49-47-17-8-7-16-41(47)26-33-50(48)49/h1-37H. The highest BCUT2D eigenvalue weighted by Gasteiger charge is 2.19. The number of fused-ring (bicyclic) bond motifs is 6. The van der Waals surface area contributed by atoms with E-state index in [2.05, 4.69) is 217 Å². The van der Waals surface area contributed by atoms with Gasteiger partial charge in [0.05, 0.1) is 5.69 Å². The molecule has 11 rings (SSSR count). The van der Waals surface area contributed by atoms with Crippen LogP contribution in [0.5, 0.6) is 0 Å². The summed E-state index contributed by atoms with van der Waals surface area (Å²) in [6.07, 6.45) is 0. The van der Waals surface area contributed by atoms with Gasteiger partial charge < -0.3 is 9.32 Å². The third-order valence-electron chi connectivity index (χ3n) is 11.5. The first kappa shape index (κ1) is 33.6.